The molecule has 1 aliphatic heterocycles. The first-order chi connectivity index (χ1) is 13.5. The fourth-order valence-electron chi connectivity index (χ4n) is 3.13. The molecule has 0 radical (unpaired) electrons. The molecule has 2 amide bonds. The van der Waals surface area contributed by atoms with Gasteiger partial charge in [0.2, 0.25) is 0 Å². The van der Waals surface area contributed by atoms with Crippen molar-refractivity contribution >= 4 is 12.0 Å². The van der Waals surface area contributed by atoms with Crippen molar-refractivity contribution in [3.63, 3.8) is 0 Å². The van der Waals surface area contributed by atoms with Crippen molar-refractivity contribution in [1.29, 1.82) is 0 Å². The minimum Gasteiger partial charge on any atom is -0.504 e. The van der Waals surface area contributed by atoms with Gasteiger partial charge in [-0.1, -0.05) is 30.3 Å². The molecule has 7 heteroatoms. The van der Waals surface area contributed by atoms with Crippen LogP contribution in [0.15, 0.2) is 48.5 Å². The first-order valence-electron chi connectivity index (χ1n) is 9.28. The summed E-state index contributed by atoms with van der Waals surface area (Å²) in [6.45, 7) is 1.94. The summed E-state index contributed by atoms with van der Waals surface area (Å²) >= 11 is 0. The van der Waals surface area contributed by atoms with Gasteiger partial charge in [0.25, 0.3) is 5.91 Å². The Morgan fingerprint density at radius 1 is 1.04 bits per heavy atom. The van der Waals surface area contributed by atoms with E-state index in [9.17, 15) is 19.8 Å². The van der Waals surface area contributed by atoms with E-state index in [2.05, 4.69) is 5.32 Å². The summed E-state index contributed by atoms with van der Waals surface area (Å²) < 4.78 is 5.35. The molecule has 1 fully saturated rings. The quantitative estimate of drug-likeness (QED) is 0.689. The van der Waals surface area contributed by atoms with Crippen molar-refractivity contribution in [3.8, 4) is 11.5 Å². The first kappa shape index (κ1) is 19.5. The average molecular weight is 384 g/mol. The third kappa shape index (κ3) is 5.16. The Labute approximate surface area is 163 Å². The smallest absolute Gasteiger partial charge is 0.410 e. The van der Waals surface area contributed by atoms with E-state index >= 15 is 0 Å². The van der Waals surface area contributed by atoms with Crippen molar-refractivity contribution in [2.24, 2.45) is 5.92 Å². The summed E-state index contributed by atoms with van der Waals surface area (Å²) in [7, 11) is 0. The Hall–Kier alpha value is -3.22. The van der Waals surface area contributed by atoms with E-state index in [1.165, 1.54) is 18.2 Å². The molecule has 0 aromatic heterocycles. The second-order valence-electron chi connectivity index (χ2n) is 6.88. The third-order valence-electron chi connectivity index (χ3n) is 4.87. The lowest BCUT2D eigenvalue weighted by molar-refractivity contribution is 0.0800. The average Bonchev–Trinajstić information content (AvgIpc) is 2.73. The molecule has 0 atom stereocenters. The Morgan fingerprint density at radius 3 is 2.43 bits per heavy atom. The molecule has 0 saturated carbocycles. The molecule has 0 unspecified atom stereocenters. The van der Waals surface area contributed by atoms with E-state index in [0.717, 1.165) is 18.4 Å². The number of aromatic hydroxyl groups is 2. The molecule has 1 heterocycles. The van der Waals surface area contributed by atoms with Crippen LogP contribution in [0.3, 0.4) is 0 Å². The van der Waals surface area contributed by atoms with Crippen LogP contribution in [0, 0.1) is 5.92 Å². The number of benzene rings is 2. The number of phenolic OH excluding ortho intramolecular Hbond substituents is 2. The third-order valence-corrected chi connectivity index (χ3v) is 4.87. The van der Waals surface area contributed by atoms with Crippen LogP contribution in [-0.4, -0.2) is 46.7 Å². The van der Waals surface area contributed by atoms with Gasteiger partial charge in [0.05, 0.1) is 0 Å². The Morgan fingerprint density at radius 2 is 1.75 bits per heavy atom. The highest BCUT2D eigenvalue weighted by Crippen LogP contribution is 2.25. The molecule has 1 saturated heterocycles. The van der Waals surface area contributed by atoms with Crippen LogP contribution >= 0.6 is 0 Å². The molecular weight excluding hydrogens is 360 g/mol. The molecule has 28 heavy (non-hydrogen) atoms. The van der Waals surface area contributed by atoms with Gasteiger partial charge in [0.1, 0.15) is 6.61 Å². The fourth-order valence-corrected chi connectivity index (χ4v) is 3.13. The van der Waals surface area contributed by atoms with E-state index in [1.54, 1.807) is 4.90 Å². The van der Waals surface area contributed by atoms with Gasteiger partial charge in [0, 0.05) is 25.2 Å². The zero-order valence-corrected chi connectivity index (χ0v) is 15.5. The van der Waals surface area contributed by atoms with Gasteiger partial charge in [-0.2, -0.15) is 0 Å². The van der Waals surface area contributed by atoms with Gasteiger partial charge in [-0.3, -0.25) is 4.79 Å². The standard InChI is InChI=1S/C21H24N2O5/c24-18-7-6-17(12-19(18)25)20(26)22-13-15-8-10-23(11-9-15)21(27)28-14-16-4-2-1-3-5-16/h1-7,12,15,24-25H,8-11,13-14H2,(H,22,26). The summed E-state index contributed by atoms with van der Waals surface area (Å²) in [5.74, 6) is -0.620. The van der Waals surface area contributed by atoms with Gasteiger partial charge < -0.3 is 25.2 Å². The molecule has 0 spiro atoms. The Balaban J connectivity index is 1.39. The summed E-state index contributed by atoms with van der Waals surface area (Å²) in [5.41, 5.74) is 1.24. The highest BCUT2D eigenvalue weighted by molar-refractivity contribution is 5.94. The van der Waals surface area contributed by atoms with E-state index in [1.807, 2.05) is 30.3 Å². The zero-order valence-electron chi connectivity index (χ0n) is 15.5. The van der Waals surface area contributed by atoms with Gasteiger partial charge in [-0.15, -0.1) is 0 Å². The number of nitrogens with one attached hydrogen (secondary N) is 1. The fraction of sp³-hybridized carbons (Fsp3) is 0.333. The summed E-state index contributed by atoms with van der Waals surface area (Å²) in [6.07, 6.45) is 1.24. The first-order valence-corrected chi connectivity index (χ1v) is 9.28. The molecule has 2 aromatic carbocycles. The minimum absolute atomic E-state index is 0.259. The number of carbonyl (C=O) groups is 2. The van der Waals surface area contributed by atoms with Crippen LogP contribution in [0.2, 0.25) is 0 Å². The van der Waals surface area contributed by atoms with Gasteiger partial charge in [0.15, 0.2) is 11.5 Å². The number of hydrogen-bond donors (Lipinski definition) is 3. The molecule has 3 N–H and O–H groups in total. The topological polar surface area (TPSA) is 99.1 Å². The number of nitrogens with zero attached hydrogens (tertiary/aromatic N) is 1. The van der Waals surface area contributed by atoms with Crippen molar-refractivity contribution in [2.45, 2.75) is 19.4 Å². The monoisotopic (exact) mass is 384 g/mol. The lowest BCUT2D eigenvalue weighted by Gasteiger charge is -2.31. The maximum Gasteiger partial charge on any atom is 0.410 e. The summed E-state index contributed by atoms with van der Waals surface area (Å²) in [6, 6.07) is 13.5. The molecule has 148 valence electrons. The predicted molar refractivity (Wildman–Crippen MR) is 103 cm³/mol. The second kappa shape index (κ2) is 9.12. The number of rotatable bonds is 5. The predicted octanol–water partition coefficient (Wildman–Crippen LogP) is 2.88. The minimum atomic E-state index is -0.324. The molecular formula is C21H24N2O5. The highest BCUT2D eigenvalue weighted by atomic mass is 16.6. The van der Waals surface area contributed by atoms with Crippen LogP contribution in [-0.2, 0) is 11.3 Å². The largest absolute Gasteiger partial charge is 0.504 e. The number of phenols is 2. The summed E-state index contributed by atoms with van der Waals surface area (Å²) in [4.78, 5) is 26.0. The lowest BCUT2D eigenvalue weighted by atomic mass is 9.97. The van der Waals surface area contributed by atoms with E-state index < -0.39 is 0 Å². The van der Waals surface area contributed by atoms with Crippen LogP contribution < -0.4 is 5.32 Å². The van der Waals surface area contributed by atoms with Crippen LogP contribution in [0.1, 0.15) is 28.8 Å². The van der Waals surface area contributed by atoms with E-state index in [4.69, 9.17) is 4.74 Å². The molecule has 1 aliphatic rings. The number of carbonyl (C=O) groups excluding carboxylic acids is 2. The van der Waals surface area contributed by atoms with Crippen LogP contribution in [0.25, 0.3) is 0 Å². The maximum absolute atomic E-state index is 12.2. The SMILES string of the molecule is O=C(NCC1CCN(C(=O)OCc2ccccc2)CC1)c1ccc(O)c(O)c1. The summed E-state index contributed by atoms with van der Waals surface area (Å²) in [5, 5.41) is 21.6. The lowest BCUT2D eigenvalue weighted by Crippen LogP contribution is -2.41. The number of ether oxygens (including phenoxy) is 1. The Kier molecular flexibility index (Phi) is 6.37. The van der Waals surface area contributed by atoms with Crippen molar-refractivity contribution in [3.05, 3.63) is 59.7 Å². The molecule has 2 aromatic rings. The van der Waals surface area contributed by atoms with E-state index in [-0.39, 0.29) is 41.6 Å². The Bertz CT molecular complexity index is 817. The zero-order chi connectivity index (χ0) is 19.9. The molecule has 3 rings (SSSR count). The number of amides is 2. The van der Waals surface area contributed by atoms with Gasteiger partial charge in [-0.05, 0) is 42.5 Å². The second-order valence-corrected chi connectivity index (χ2v) is 6.88. The highest BCUT2D eigenvalue weighted by Gasteiger charge is 2.24. The maximum atomic E-state index is 12.2. The molecule has 0 aliphatic carbocycles. The molecule has 7 nitrogen and oxygen atoms in total. The van der Waals surface area contributed by atoms with Crippen molar-refractivity contribution in [1.82, 2.24) is 10.2 Å². The van der Waals surface area contributed by atoms with E-state index in [0.29, 0.717) is 19.6 Å². The van der Waals surface area contributed by atoms with Crippen LogP contribution in [0.4, 0.5) is 4.79 Å². The van der Waals surface area contributed by atoms with Gasteiger partial charge in [-0.25, -0.2) is 4.79 Å². The number of piperidine rings is 1. The van der Waals surface area contributed by atoms with Crippen LogP contribution in [0.5, 0.6) is 11.5 Å². The van der Waals surface area contributed by atoms with Crippen molar-refractivity contribution in [2.75, 3.05) is 19.6 Å². The number of hydrogen-bond acceptors (Lipinski definition) is 5. The van der Waals surface area contributed by atoms with Crippen molar-refractivity contribution < 1.29 is 24.5 Å². The number of likely N-dealkylation sites (tertiary alicyclic amines) is 1. The normalized spacial score (nSPS) is 14.5. The molecule has 0 bridgehead atoms. The van der Waals surface area contributed by atoms with Gasteiger partial charge >= 0.3 is 6.09 Å².